The van der Waals surface area contributed by atoms with E-state index in [4.69, 9.17) is 0 Å². The molecule has 3 nitrogen and oxygen atoms in total. The molecule has 0 heterocycles. The molecule has 0 saturated carbocycles. The number of hydrogen-bond acceptors (Lipinski definition) is 3. The second kappa shape index (κ2) is 9.54. The maximum Gasteiger partial charge on any atom is 0.0333 e. The molecule has 2 N–H and O–H groups in total. The summed E-state index contributed by atoms with van der Waals surface area (Å²) in [6.07, 6.45) is 9.27. The molecule has 0 aliphatic heterocycles. The lowest BCUT2D eigenvalue weighted by Gasteiger charge is -2.37. The monoisotopic (exact) mass is 283 g/mol. The molecule has 0 aliphatic carbocycles. The predicted molar refractivity (Wildman–Crippen MR) is 91.4 cm³/mol. The van der Waals surface area contributed by atoms with Crippen molar-refractivity contribution in [3.63, 3.8) is 0 Å². The van der Waals surface area contributed by atoms with E-state index in [0.717, 1.165) is 13.1 Å². The second-order valence-corrected chi connectivity index (χ2v) is 6.71. The van der Waals surface area contributed by atoms with E-state index in [0.29, 0.717) is 0 Å². The Kier molecular flexibility index (Phi) is 9.36. The van der Waals surface area contributed by atoms with Crippen LogP contribution in [0, 0.1) is 0 Å². The summed E-state index contributed by atoms with van der Waals surface area (Å²) < 4.78 is 0. The molecule has 0 amide bonds. The summed E-state index contributed by atoms with van der Waals surface area (Å²) >= 11 is 0. The largest absolute Gasteiger partial charge is 0.320 e. The van der Waals surface area contributed by atoms with Gasteiger partial charge in [0.1, 0.15) is 0 Å². The van der Waals surface area contributed by atoms with Crippen molar-refractivity contribution in [1.29, 1.82) is 0 Å². The molecule has 120 valence electrons. The Hall–Kier alpha value is -0.380. The summed E-state index contributed by atoms with van der Waals surface area (Å²) in [6, 6.07) is 0. The fourth-order valence-electron chi connectivity index (χ4n) is 2.53. The van der Waals surface area contributed by atoms with Gasteiger partial charge in [-0.2, -0.15) is 0 Å². The van der Waals surface area contributed by atoms with Crippen LogP contribution in [0.5, 0.6) is 0 Å². The molecule has 0 aromatic rings. The van der Waals surface area contributed by atoms with Crippen molar-refractivity contribution < 1.29 is 0 Å². The number of allylic oxidation sites excluding steroid dienone is 1. The summed E-state index contributed by atoms with van der Waals surface area (Å²) in [4.78, 5) is 2.51. The highest BCUT2D eigenvalue weighted by atomic mass is 15.2. The third-order valence-electron chi connectivity index (χ3n) is 4.54. The molecular formula is C17H37N3. The first-order valence-electron chi connectivity index (χ1n) is 8.00. The Balaban J connectivity index is 4.17. The maximum absolute atomic E-state index is 3.42. The smallest absolute Gasteiger partial charge is 0.0333 e. The van der Waals surface area contributed by atoms with Gasteiger partial charge in [-0.05, 0) is 87.6 Å². The zero-order valence-electron chi connectivity index (χ0n) is 14.8. The fourth-order valence-corrected chi connectivity index (χ4v) is 2.53. The van der Waals surface area contributed by atoms with Crippen LogP contribution >= 0.6 is 0 Å². The van der Waals surface area contributed by atoms with Gasteiger partial charge in [0.2, 0.25) is 0 Å². The van der Waals surface area contributed by atoms with Crippen molar-refractivity contribution in [2.75, 3.05) is 34.2 Å². The van der Waals surface area contributed by atoms with Crippen molar-refractivity contribution in [2.24, 2.45) is 0 Å². The van der Waals surface area contributed by atoms with Gasteiger partial charge in [-0.3, -0.25) is 0 Å². The maximum atomic E-state index is 3.42. The van der Waals surface area contributed by atoms with Crippen LogP contribution in [0.4, 0.5) is 0 Å². The minimum atomic E-state index is 0.131. The first kappa shape index (κ1) is 19.6. The first-order chi connectivity index (χ1) is 9.31. The molecule has 0 saturated heterocycles. The van der Waals surface area contributed by atoms with Crippen molar-refractivity contribution >= 4 is 0 Å². The van der Waals surface area contributed by atoms with E-state index >= 15 is 0 Å². The molecule has 0 aliphatic rings. The van der Waals surface area contributed by atoms with E-state index in [2.05, 4.69) is 62.4 Å². The molecule has 0 aromatic carbocycles. The lowest BCUT2D eigenvalue weighted by atomic mass is 9.93. The Morgan fingerprint density at radius 3 is 2.20 bits per heavy atom. The van der Waals surface area contributed by atoms with Crippen LogP contribution in [0.2, 0.25) is 0 Å². The lowest BCUT2D eigenvalue weighted by molar-refractivity contribution is 0.137. The van der Waals surface area contributed by atoms with Crippen molar-refractivity contribution in [3.05, 3.63) is 12.2 Å². The van der Waals surface area contributed by atoms with E-state index in [-0.39, 0.29) is 11.1 Å². The molecule has 0 radical (unpaired) electrons. The van der Waals surface area contributed by atoms with Gasteiger partial charge in [-0.15, -0.1) is 0 Å². The quantitative estimate of drug-likeness (QED) is 0.451. The molecule has 0 aromatic heterocycles. The number of likely N-dealkylation sites (N-methyl/N-ethyl adjacent to an activating group) is 1. The summed E-state index contributed by atoms with van der Waals surface area (Å²) in [7, 11) is 6.33. The lowest BCUT2D eigenvalue weighted by Crippen LogP contribution is -2.43. The van der Waals surface area contributed by atoms with E-state index in [1.54, 1.807) is 0 Å². The van der Waals surface area contributed by atoms with E-state index in [1.807, 2.05) is 14.1 Å². The van der Waals surface area contributed by atoms with Crippen LogP contribution < -0.4 is 10.6 Å². The molecule has 20 heavy (non-hydrogen) atoms. The van der Waals surface area contributed by atoms with Gasteiger partial charge < -0.3 is 15.5 Å². The summed E-state index contributed by atoms with van der Waals surface area (Å²) in [5, 5.41) is 6.65. The summed E-state index contributed by atoms with van der Waals surface area (Å²) in [6.45, 7) is 11.3. The average Bonchev–Trinajstić information content (AvgIpc) is 2.39. The standard InChI is InChI=1S/C17H37N3/c1-8-11-17(4,19-6)13-10-15-20(7)16(2,3)12-9-14-18-5/h8,11,18-19H,9-10,12-15H2,1-7H3. The SMILES string of the molecule is CC=CC(C)(CCCN(C)C(C)(C)CCCNC)NC. The van der Waals surface area contributed by atoms with Gasteiger partial charge in [0, 0.05) is 11.1 Å². The van der Waals surface area contributed by atoms with Crippen molar-refractivity contribution in [3.8, 4) is 0 Å². The first-order valence-corrected chi connectivity index (χ1v) is 8.00. The Morgan fingerprint density at radius 1 is 1.05 bits per heavy atom. The van der Waals surface area contributed by atoms with E-state index in [1.165, 1.54) is 25.7 Å². The van der Waals surface area contributed by atoms with Crippen molar-refractivity contribution in [1.82, 2.24) is 15.5 Å². The molecular weight excluding hydrogens is 246 g/mol. The molecule has 3 heteroatoms. The van der Waals surface area contributed by atoms with Crippen LogP contribution in [-0.2, 0) is 0 Å². The van der Waals surface area contributed by atoms with Gasteiger partial charge in [-0.25, -0.2) is 0 Å². The van der Waals surface area contributed by atoms with Gasteiger partial charge in [0.15, 0.2) is 0 Å². The van der Waals surface area contributed by atoms with E-state index in [9.17, 15) is 0 Å². The number of nitrogens with zero attached hydrogens (tertiary/aromatic N) is 1. The average molecular weight is 284 g/mol. The van der Waals surface area contributed by atoms with Gasteiger partial charge in [0.05, 0.1) is 0 Å². The zero-order chi connectivity index (χ0) is 15.6. The van der Waals surface area contributed by atoms with E-state index < -0.39 is 0 Å². The summed E-state index contributed by atoms with van der Waals surface area (Å²) in [5.74, 6) is 0. The summed E-state index contributed by atoms with van der Waals surface area (Å²) in [5.41, 5.74) is 0.416. The van der Waals surface area contributed by atoms with Crippen LogP contribution in [0.15, 0.2) is 12.2 Å². The van der Waals surface area contributed by atoms with Crippen LogP contribution in [0.3, 0.4) is 0 Å². The Morgan fingerprint density at radius 2 is 1.70 bits per heavy atom. The topological polar surface area (TPSA) is 27.3 Å². The molecule has 1 atom stereocenters. The van der Waals surface area contributed by atoms with Gasteiger partial charge >= 0.3 is 0 Å². The predicted octanol–water partition coefficient (Wildman–Crippen LogP) is 3.03. The third kappa shape index (κ3) is 7.41. The van der Waals surface area contributed by atoms with Crippen LogP contribution in [0.25, 0.3) is 0 Å². The van der Waals surface area contributed by atoms with Crippen LogP contribution in [0.1, 0.15) is 53.4 Å². The molecule has 0 rings (SSSR count). The number of nitrogens with one attached hydrogen (secondary N) is 2. The highest BCUT2D eigenvalue weighted by molar-refractivity contribution is 5.02. The highest BCUT2D eigenvalue weighted by Gasteiger charge is 2.24. The molecule has 1 unspecified atom stereocenters. The number of hydrogen-bond donors (Lipinski definition) is 2. The van der Waals surface area contributed by atoms with Crippen molar-refractivity contribution in [2.45, 2.75) is 64.5 Å². The highest BCUT2D eigenvalue weighted by Crippen LogP contribution is 2.21. The number of rotatable bonds is 11. The zero-order valence-corrected chi connectivity index (χ0v) is 14.8. The Bertz CT molecular complexity index is 273. The van der Waals surface area contributed by atoms with Gasteiger partial charge in [0.25, 0.3) is 0 Å². The normalized spacial score (nSPS) is 16.0. The fraction of sp³-hybridized carbons (Fsp3) is 0.882. The Labute approximate surface area is 127 Å². The van der Waals surface area contributed by atoms with Crippen LogP contribution in [-0.4, -0.2) is 50.2 Å². The molecule has 0 spiro atoms. The molecule has 0 fully saturated rings. The molecule has 0 bridgehead atoms. The minimum absolute atomic E-state index is 0.131. The third-order valence-corrected chi connectivity index (χ3v) is 4.54. The second-order valence-electron chi connectivity index (χ2n) is 6.71. The van der Waals surface area contributed by atoms with Gasteiger partial charge in [-0.1, -0.05) is 12.2 Å². The minimum Gasteiger partial charge on any atom is -0.320 e.